The number of hydrogen-bond acceptors (Lipinski definition) is 3. The van der Waals surface area contributed by atoms with Gasteiger partial charge in [-0.1, -0.05) is 36.4 Å². The number of carbonyl (C=O) groups is 1. The van der Waals surface area contributed by atoms with E-state index in [-0.39, 0.29) is 12.0 Å². The Labute approximate surface area is 197 Å². The highest BCUT2D eigenvalue weighted by Crippen LogP contribution is 2.47. The fourth-order valence-corrected chi connectivity index (χ4v) is 4.39. The van der Waals surface area contributed by atoms with Crippen LogP contribution in [0.5, 0.6) is 5.75 Å². The lowest BCUT2D eigenvalue weighted by Gasteiger charge is -2.45. The number of methoxy groups -OCH3 is 1. The second-order valence-corrected chi connectivity index (χ2v) is 8.01. The lowest BCUT2D eigenvalue weighted by Crippen LogP contribution is -2.52. The first kappa shape index (κ1) is 24.4. The maximum Gasteiger partial charge on any atom is 0.471 e. The Morgan fingerprint density at radius 3 is 2.17 bits per heavy atom. The fraction of sp³-hybridized carbons (Fsp3) is 0.240. The Morgan fingerprint density at radius 2 is 1.54 bits per heavy atom. The molecule has 35 heavy (non-hydrogen) atoms. The van der Waals surface area contributed by atoms with Gasteiger partial charge < -0.3 is 15.0 Å². The molecule has 10 heteroatoms. The van der Waals surface area contributed by atoms with Crippen molar-refractivity contribution in [2.75, 3.05) is 12.0 Å². The number of halogens is 6. The average Bonchev–Trinajstić information content (AvgIpc) is 2.82. The maximum absolute atomic E-state index is 14.0. The van der Waals surface area contributed by atoms with Crippen LogP contribution in [0.3, 0.4) is 0 Å². The zero-order chi connectivity index (χ0) is 25.4. The van der Waals surface area contributed by atoms with E-state index >= 15 is 0 Å². The van der Waals surface area contributed by atoms with Crippen molar-refractivity contribution >= 4 is 17.3 Å². The minimum absolute atomic E-state index is 0.0957. The average molecular weight is 494 g/mol. The van der Waals surface area contributed by atoms with E-state index in [4.69, 9.17) is 4.74 Å². The topological polar surface area (TPSA) is 41.6 Å². The molecule has 0 unspecified atom stereocenters. The summed E-state index contributed by atoms with van der Waals surface area (Å²) in [5.74, 6) is -1.72. The van der Waals surface area contributed by atoms with Crippen LogP contribution in [0.2, 0.25) is 0 Å². The van der Waals surface area contributed by atoms with Crippen molar-refractivity contribution in [2.24, 2.45) is 0 Å². The Hall–Kier alpha value is -3.69. The highest BCUT2D eigenvalue weighted by atomic mass is 19.4. The molecule has 184 valence electrons. The molecule has 1 amide bonds. The van der Waals surface area contributed by atoms with E-state index in [9.17, 15) is 31.1 Å². The zero-order valence-corrected chi connectivity index (χ0v) is 18.3. The van der Waals surface area contributed by atoms with E-state index < -0.39 is 35.9 Å². The van der Waals surface area contributed by atoms with Crippen LogP contribution < -0.4 is 15.0 Å². The van der Waals surface area contributed by atoms with Gasteiger partial charge in [0.05, 0.1) is 24.8 Å². The van der Waals surface area contributed by atoms with Gasteiger partial charge in [-0.3, -0.25) is 4.79 Å². The number of hydrogen-bond donors (Lipinski definition) is 1. The summed E-state index contributed by atoms with van der Waals surface area (Å²) in [6, 6.07) is 15.2. The molecular formula is C25H20F6N2O2. The molecule has 1 N–H and O–H groups in total. The summed E-state index contributed by atoms with van der Waals surface area (Å²) in [4.78, 5) is 13.5. The van der Waals surface area contributed by atoms with Gasteiger partial charge in [0.25, 0.3) is 0 Å². The molecule has 0 radical (unpaired) electrons. The highest BCUT2D eigenvalue weighted by molar-refractivity contribution is 5.83. The van der Waals surface area contributed by atoms with Crippen LogP contribution in [0.4, 0.5) is 37.7 Å². The number of fused-ring (bicyclic) bond motifs is 1. The molecule has 0 fully saturated rings. The Morgan fingerprint density at radius 1 is 0.914 bits per heavy atom. The van der Waals surface area contributed by atoms with Gasteiger partial charge in [-0.15, -0.1) is 0 Å². The third kappa shape index (κ3) is 4.91. The normalized spacial score (nSPS) is 18.1. The Balaban J connectivity index is 1.95. The highest BCUT2D eigenvalue weighted by Gasteiger charge is 2.46. The third-order valence-corrected chi connectivity index (χ3v) is 5.86. The van der Waals surface area contributed by atoms with Crippen LogP contribution >= 0.6 is 0 Å². The summed E-state index contributed by atoms with van der Waals surface area (Å²) >= 11 is 0. The molecule has 0 spiro atoms. The minimum Gasteiger partial charge on any atom is -0.497 e. The number of amides is 1. The van der Waals surface area contributed by atoms with Gasteiger partial charge in [0.2, 0.25) is 0 Å². The maximum atomic E-state index is 14.0. The Bertz CT molecular complexity index is 1210. The molecular weight excluding hydrogens is 474 g/mol. The number of nitrogens with zero attached hydrogens (tertiary/aromatic N) is 1. The molecule has 0 saturated carbocycles. The summed E-state index contributed by atoms with van der Waals surface area (Å²) in [6.45, 7) is 0. The Kier molecular flexibility index (Phi) is 6.40. The molecule has 0 aromatic heterocycles. The van der Waals surface area contributed by atoms with Crippen LogP contribution in [0, 0.1) is 0 Å². The number of para-hydroxylation sites is 1. The van der Waals surface area contributed by atoms with E-state index in [1.165, 1.54) is 30.2 Å². The number of benzene rings is 3. The first-order valence-electron chi connectivity index (χ1n) is 10.6. The number of ether oxygens (including phenoxy) is 1. The molecule has 1 aliphatic rings. The van der Waals surface area contributed by atoms with E-state index in [0.717, 1.165) is 6.07 Å². The van der Waals surface area contributed by atoms with Gasteiger partial charge in [0, 0.05) is 11.4 Å². The summed E-state index contributed by atoms with van der Waals surface area (Å²) in [5, 5.41) is 1.95. The monoisotopic (exact) mass is 494 g/mol. The molecule has 3 aromatic carbocycles. The molecule has 2 atom stereocenters. The van der Waals surface area contributed by atoms with Crippen molar-refractivity contribution in [3.63, 3.8) is 0 Å². The van der Waals surface area contributed by atoms with Gasteiger partial charge in [0.15, 0.2) is 0 Å². The van der Waals surface area contributed by atoms with Gasteiger partial charge in [-0.2, -0.15) is 26.3 Å². The van der Waals surface area contributed by atoms with Crippen molar-refractivity contribution < 1.29 is 35.9 Å². The van der Waals surface area contributed by atoms with Crippen LogP contribution in [0.1, 0.15) is 22.7 Å². The first-order valence-corrected chi connectivity index (χ1v) is 10.6. The van der Waals surface area contributed by atoms with E-state index in [1.807, 2.05) is 5.32 Å². The molecule has 1 heterocycles. The number of nitrogens with one attached hydrogen (secondary N) is 1. The smallest absolute Gasteiger partial charge is 0.471 e. The van der Waals surface area contributed by atoms with Crippen molar-refractivity contribution in [2.45, 2.75) is 30.9 Å². The van der Waals surface area contributed by atoms with Crippen LogP contribution in [0.25, 0.3) is 0 Å². The predicted molar refractivity (Wildman–Crippen MR) is 117 cm³/mol. The van der Waals surface area contributed by atoms with Crippen LogP contribution in [-0.2, 0) is 17.4 Å². The molecule has 4 nitrogen and oxygen atoms in total. The summed E-state index contributed by atoms with van der Waals surface area (Å²) < 4.78 is 86.7. The van der Waals surface area contributed by atoms with Gasteiger partial charge in [-0.05, 0) is 53.9 Å². The summed E-state index contributed by atoms with van der Waals surface area (Å²) in [5.41, 5.74) is 0.284. The third-order valence-electron chi connectivity index (χ3n) is 5.86. The first-order chi connectivity index (χ1) is 16.5. The van der Waals surface area contributed by atoms with Crippen molar-refractivity contribution in [1.29, 1.82) is 0 Å². The molecule has 4 rings (SSSR count). The van der Waals surface area contributed by atoms with Gasteiger partial charge in [-0.25, -0.2) is 0 Å². The van der Waals surface area contributed by atoms with Gasteiger partial charge >= 0.3 is 18.3 Å². The zero-order valence-electron chi connectivity index (χ0n) is 18.3. The molecule has 0 aliphatic carbocycles. The van der Waals surface area contributed by atoms with Crippen molar-refractivity contribution in [1.82, 2.24) is 5.32 Å². The van der Waals surface area contributed by atoms with Crippen molar-refractivity contribution in [3.8, 4) is 5.75 Å². The predicted octanol–water partition coefficient (Wildman–Crippen LogP) is 6.20. The number of rotatable bonds is 4. The number of carbonyl (C=O) groups excluding carboxylic acids is 1. The number of anilines is 2. The van der Waals surface area contributed by atoms with Crippen LogP contribution in [0.15, 0.2) is 72.8 Å². The summed E-state index contributed by atoms with van der Waals surface area (Å²) in [6.07, 6.45) is -10.1. The molecule has 0 saturated heterocycles. The quantitative estimate of drug-likeness (QED) is 0.440. The standard InChI is InChI=1S/C25H20F6N2O2/c1-35-17-12-10-16(11-13-17)33-21-9-5-2-6-15(21)14-20(32-23(34)25(29,30)31)22(33)18-7-3-4-8-19(18)24(26,27)28/h2-13,20,22H,14H2,1H3,(H,32,34)/t20-,22+/m0/s1. The SMILES string of the molecule is COc1ccc(N2c3ccccc3C[C@H](NC(=O)C(F)(F)F)[C@H]2c2ccccc2C(F)(F)F)cc1. The van der Waals surface area contributed by atoms with E-state index in [0.29, 0.717) is 22.7 Å². The van der Waals surface area contributed by atoms with E-state index in [1.54, 1.807) is 48.5 Å². The number of alkyl halides is 6. The lowest BCUT2D eigenvalue weighted by molar-refractivity contribution is -0.174. The second-order valence-electron chi connectivity index (χ2n) is 8.01. The molecule has 3 aromatic rings. The minimum atomic E-state index is -5.20. The largest absolute Gasteiger partial charge is 0.497 e. The molecule has 0 bridgehead atoms. The van der Waals surface area contributed by atoms with Crippen LogP contribution in [-0.4, -0.2) is 25.2 Å². The van der Waals surface area contributed by atoms with Gasteiger partial charge in [0.1, 0.15) is 5.75 Å². The lowest BCUT2D eigenvalue weighted by atomic mass is 9.84. The summed E-state index contributed by atoms with van der Waals surface area (Å²) in [7, 11) is 1.45. The second kappa shape index (κ2) is 9.16. The van der Waals surface area contributed by atoms with E-state index in [2.05, 4.69) is 0 Å². The fourth-order valence-electron chi connectivity index (χ4n) is 4.39. The van der Waals surface area contributed by atoms with Crippen molar-refractivity contribution in [3.05, 3.63) is 89.5 Å². The molecule has 1 aliphatic heterocycles.